The number of nitrogens with zero attached hydrogens (tertiary/aromatic N) is 1. The van der Waals surface area contributed by atoms with Gasteiger partial charge in [0.1, 0.15) is 6.54 Å². The van der Waals surface area contributed by atoms with Crippen LogP contribution in [0.5, 0.6) is 0 Å². The summed E-state index contributed by atoms with van der Waals surface area (Å²) in [7, 11) is 0. The molecule has 1 aromatic rings. The second-order valence-corrected chi connectivity index (χ2v) is 4.84. The second kappa shape index (κ2) is 7.53. The molecule has 0 heterocycles. The number of esters is 1. The molecule has 5 nitrogen and oxygen atoms in total. The zero-order chi connectivity index (χ0) is 15.1. The number of anilines is 1. The van der Waals surface area contributed by atoms with Crippen LogP contribution in [0, 0.1) is 0 Å². The number of carbonyl (C=O) groups excluding carboxylic acids is 2. The fraction of sp³-hybridized carbons (Fsp3) is 0.467. The van der Waals surface area contributed by atoms with Crippen molar-refractivity contribution in [2.75, 3.05) is 18.9 Å². The molecular weight excluding hydrogens is 256 g/mol. The van der Waals surface area contributed by atoms with E-state index in [1.165, 1.54) is 4.90 Å². The Morgan fingerprint density at radius 2 is 1.85 bits per heavy atom. The van der Waals surface area contributed by atoms with E-state index in [0.29, 0.717) is 12.3 Å². The van der Waals surface area contributed by atoms with Crippen LogP contribution < -0.4 is 5.73 Å². The molecular formula is C15H22N2O3. The minimum absolute atomic E-state index is 0.0146. The van der Waals surface area contributed by atoms with Gasteiger partial charge in [-0.15, -0.1) is 0 Å². The van der Waals surface area contributed by atoms with Gasteiger partial charge in [0.25, 0.3) is 0 Å². The Bertz CT molecular complexity index is 455. The van der Waals surface area contributed by atoms with Crippen LogP contribution in [0.25, 0.3) is 0 Å². The summed E-state index contributed by atoms with van der Waals surface area (Å²) < 4.78 is 4.89. The summed E-state index contributed by atoms with van der Waals surface area (Å²) in [6.45, 7) is 5.80. The summed E-state index contributed by atoms with van der Waals surface area (Å²) >= 11 is 0. The van der Waals surface area contributed by atoms with Crippen molar-refractivity contribution in [2.24, 2.45) is 0 Å². The molecule has 0 spiro atoms. The summed E-state index contributed by atoms with van der Waals surface area (Å²) in [5, 5.41) is 0. The summed E-state index contributed by atoms with van der Waals surface area (Å²) in [6.07, 6.45) is 0.248. The lowest BCUT2D eigenvalue weighted by molar-refractivity contribution is -0.149. The molecule has 2 N–H and O–H groups in total. The van der Waals surface area contributed by atoms with Crippen LogP contribution >= 0.6 is 0 Å². The van der Waals surface area contributed by atoms with Crippen LogP contribution in [-0.4, -0.2) is 36.0 Å². The fourth-order valence-corrected chi connectivity index (χ4v) is 1.82. The van der Waals surface area contributed by atoms with Crippen LogP contribution in [-0.2, 0) is 20.7 Å². The first-order valence-electron chi connectivity index (χ1n) is 6.73. The topological polar surface area (TPSA) is 72.6 Å². The van der Waals surface area contributed by atoms with E-state index in [1.807, 2.05) is 26.0 Å². The maximum atomic E-state index is 12.3. The minimum atomic E-state index is -0.383. The van der Waals surface area contributed by atoms with E-state index in [9.17, 15) is 9.59 Å². The zero-order valence-corrected chi connectivity index (χ0v) is 12.3. The summed E-state index contributed by atoms with van der Waals surface area (Å²) in [4.78, 5) is 25.3. The highest BCUT2D eigenvalue weighted by molar-refractivity contribution is 5.83. The maximum absolute atomic E-state index is 12.3. The molecule has 110 valence electrons. The van der Waals surface area contributed by atoms with Crippen molar-refractivity contribution in [1.29, 1.82) is 0 Å². The third-order valence-corrected chi connectivity index (χ3v) is 2.88. The molecule has 1 aromatic carbocycles. The van der Waals surface area contributed by atoms with Crippen LogP contribution in [0.2, 0.25) is 0 Å². The first kappa shape index (κ1) is 16.0. The Hall–Kier alpha value is -2.04. The van der Waals surface area contributed by atoms with Gasteiger partial charge in [0.2, 0.25) is 5.91 Å². The van der Waals surface area contributed by atoms with Crippen LogP contribution in [0.4, 0.5) is 5.69 Å². The van der Waals surface area contributed by atoms with Gasteiger partial charge < -0.3 is 15.4 Å². The van der Waals surface area contributed by atoms with E-state index in [4.69, 9.17) is 10.5 Å². The molecule has 5 heteroatoms. The molecule has 0 aliphatic heterocycles. The van der Waals surface area contributed by atoms with Crippen molar-refractivity contribution in [1.82, 2.24) is 4.90 Å². The van der Waals surface area contributed by atoms with Gasteiger partial charge in [-0.05, 0) is 38.5 Å². The molecule has 20 heavy (non-hydrogen) atoms. The molecule has 0 atom stereocenters. The van der Waals surface area contributed by atoms with E-state index < -0.39 is 0 Å². The maximum Gasteiger partial charge on any atom is 0.325 e. The van der Waals surface area contributed by atoms with E-state index in [0.717, 1.165) is 5.56 Å². The molecule has 0 fully saturated rings. The monoisotopic (exact) mass is 278 g/mol. The SMILES string of the molecule is CCOC(=O)CN(C(=O)Cc1ccc(N)cc1)C(C)C. The van der Waals surface area contributed by atoms with E-state index in [2.05, 4.69) is 0 Å². The first-order valence-corrected chi connectivity index (χ1v) is 6.73. The quantitative estimate of drug-likeness (QED) is 0.634. The predicted molar refractivity (Wildman–Crippen MR) is 78.0 cm³/mol. The third-order valence-electron chi connectivity index (χ3n) is 2.88. The average molecular weight is 278 g/mol. The Labute approximate surface area is 119 Å². The minimum Gasteiger partial charge on any atom is -0.465 e. The van der Waals surface area contributed by atoms with Gasteiger partial charge in [0.15, 0.2) is 0 Å². The van der Waals surface area contributed by atoms with Crippen LogP contribution in [0.15, 0.2) is 24.3 Å². The number of amides is 1. The molecule has 0 aromatic heterocycles. The lowest BCUT2D eigenvalue weighted by Gasteiger charge is -2.25. The van der Waals surface area contributed by atoms with Gasteiger partial charge in [-0.1, -0.05) is 12.1 Å². The lowest BCUT2D eigenvalue weighted by Crippen LogP contribution is -2.42. The Morgan fingerprint density at radius 3 is 2.35 bits per heavy atom. The lowest BCUT2D eigenvalue weighted by atomic mass is 10.1. The molecule has 0 aliphatic carbocycles. The van der Waals surface area contributed by atoms with Crippen LogP contribution in [0.3, 0.4) is 0 Å². The number of carbonyl (C=O) groups is 2. The van der Waals surface area contributed by atoms with Gasteiger partial charge >= 0.3 is 5.97 Å². The van der Waals surface area contributed by atoms with Crippen molar-refractivity contribution in [2.45, 2.75) is 33.2 Å². The standard InChI is InChI=1S/C15H22N2O3/c1-4-20-15(19)10-17(11(2)3)14(18)9-12-5-7-13(16)8-6-12/h5-8,11H,4,9-10,16H2,1-3H3. The van der Waals surface area contributed by atoms with E-state index in [1.54, 1.807) is 19.1 Å². The Kier molecular flexibility index (Phi) is 6.03. The highest BCUT2D eigenvalue weighted by Gasteiger charge is 2.20. The molecule has 0 aliphatic rings. The second-order valence-electron chi connectivity index (χ2n) is 4.84. The third kappa shape index (κ3) is 4.91. The van der Waals surface area contributed by atoms with Crippen molar-refractivity contribution >= 4 is 17.6 Å². The molecule has 0 saturated carbocycles. The zero-order valence-electron chi connectivity index (χ0n) is 12.3. The van der Waals surface area contributed by atoms with Gasteiger partial charge in [0.05, 0.1) is 13.0 Å². The molecule has 1 amide bonds. The van der Waals surface area contributed by atoms with Gasteiger partial charge in [0, 0.05) is 11.7 Å². The smallest absolute Gasteiger partial charge is 0.325 e. The number of ether oxygens (including phenoxy) is 1. The summed E-state index contributed by atoms with van der Waals surface area (Å²) in [6, 6.07) is 7.09. The highest BCUT2D eigenvalue weighted by Crippen LogP contribution is 2.09. The number of hydrogen-bond acceptors (Lipinski definition) is 4. The van der Waals surface area contributed by atoms with Crippen molar-refractivity contribution in [3.8, 4) is 0 Å². The van der Waals surface area contributed by atoms with Crippen molar-refractivity contribution in [3.63, 3.8) is 0 Å². The van der Waals surface area contributed by atoms with Crippen molar-refractivity contribution < 1.29 is 14.3 Å². The molecule has 0 radical (unpaired) electrons. The largest absolute Gasteiger partial charge is 0.465 e. The Morgan fingerprint density at radius 1 is 1.25 bits per heavy atom. The molecule has 1 rings (SSSR count). The van der Waals surface area contributed by atoms with Gasteiger partial charge in [-0.3, -0.25) is 9.59 Å². The fourth-order valence-electron chi connectivity index (χ4n) is 1.82. The number of rotatable bonds is 6. The van der Waals surface area contributed by atoms with Crippen LogP contribution in [0.1, 0.15) is 26.3 Å². The normalized spacial score (nSPS) is 10.4. The van der Waals surface area contributed by atoms with Crippen molar-refractivity contribution in [3.05, 3.63) is 29.8 Å². The number of nitrogen functional groups attached to an aromatic ring is 1. The number of benzene rings is 1. The molecule has 0 saturated heterocycles. The number of hydrogen-bond donors (Lipinski definition) is 1. The van der Waals surface area contributed by atoms with Gasteiger partial charge in [-0.2, -0.15) is 0 Å². The Balaban J connectivity index is 2.69. The molecule has 0 unspecified atom stereocenters. The van der Waals surface area contributed by atoms with E-state index >= 15 is 0 Å². The van der Waals surface area contributed by atoms with E-state index in [-0.39, 0.29) is 30.9 Å². The molecule has 0 bridgehead atoms. The highest BCUT2D eigenvalue weighted by atomic mass is 16.5. The summed E-state index contributed by atoms with van der Waals surface area (Å²) in [5.74, 6) is -0.482. The van der Waals surface area contributed by atoms with Gasteiger partial charge in [-0.25, -0.2) is 0 Å². The number of nitrogens with two attached hydrogens (primary N) is 1. The average Bonchev–Trinajstić information content (AvgIpc) is 2.38. The first-order chi connectivity index (χ1) is 9.43. The predicted octanol–water partition coefficient (Wildman–Crippen LogP) is 1.61. The summed E-state index contributed by atoms with van der Waals surface area (Å²) in [5.41, 5.74) is 7.14.